The molecule has 0 saturated heterocycles. The largest absolute Gasteiger partial charge is 0.266 e. The van der Waals surface area contributed by atoms with Crippen molar-refractivity contribution >= 4 is 9.73 Å². The normalized spacial score (nSPS) is 16.9. The third-order valence-corrected chi connectivity index (χ3v) is 2.81. The SMILES string of the molecule is CC(C)(C)n1cc(S(C)(=N)=O)cn1. The van der Waals surface area contributed by atoms with E-state index in [1.165, 1.54) is 12.5 Å². The first-order valence-corrected chi connectivity index (χ1v) is 5.97. The van der Waals surface area contributed by atoms with Crippen LogP contribution in [-0.2, 0) is 15.3 Å². The molecule has 0 saturated carbocycles. The summed E-state index contributed by atoms with van der Waals surface area (Å²) in [5.41, 5.74) is -0.122. The second kappa shape index (κ2) is 2.83. The van der Waals surface area contributed by atoms with Gasteiger partial charge in [-0.1, -0.05) is 0 Å². The molecule has 1 aromatic heterocycles. The molecule has 0 spiro atoms. The molecule has 1 atom stereocenters. The van der Waals surface area contributed by atoms with Crippen molar-refractivity contribution in [1.82, 2.24) is 9.78 Å². The van der Waals surface area contributed by atoms with Gasteiger partial charge in [0.05, 0.1) is 26.4 Å². The molecule has 1 unspecified atom stereocenters. The molecule has 0 amide bonds. The van der Waals surface area contributed by atoms with Crippen molar-refractivity contribution in [3.05, 3.63) is 12.4 Å². The summed E-state index contributed by atoms with van der Waals surface area (Å²) in [5.74, 6) is 0. The van der Waals surface area contributed by atoms with Crippen molar-refractivity contribution in [1.29, 1.82) is 4.78 Å². The van der Waals surface area contributed by atoms with Gasteiger partial charge in [0, 0.05) is 12.5 Å². The molecule has 0 aliphatic carbocycles. The predicted octanol–water partition coefficient (Wildman–Crippen LogP) is 1.67. The maximum atomic E-state index is 11.3. The Morgan fingerprint density at radius 3 is 2.31 bits per heavy atom. The summed E-state index contributed by atoms with van der Waals surface area (Å²) in [6.07, 6.45) is 4.58. The average Bonchev–Trinajstić information content (AvgIpc) is 2.28. The molecular formula is C8H15N3OS. The quantitative estimate of drug-likeness (QED) is 0.751. The molecule has 0 radical (unpaired) electrons. The fraction of sp³-hybridized carbons (Fsp3) is 0.625. The Kier molecular flexibility index (Phi) is 2.23. The van der Waals surface area contributed by atoms with E-state index in [-0.39, 0.29) is 5.54 Å². The molecule has 4 nitrogen and oxygen atoms in total. The Bertz CT molecular complexity index is 397. The van der Waals surface area contributed by atoms with Gasteiger partial charge in [-0.3, -0.25) is 4.68 Å². The van der Waals surface area contributed by atoms with Gasteiger partial charge in [0.2, 0.25) is 0 Å². The number of rotatable bonds is 1. The molecule has 0 aliphatic heterocycles. The number of nitrogens with one attached hydrogen (secondary N) is 1. The van der Waals surface area contributed by atoms with Crippen LogP contribution in [0, 0.1) is 4.78 Å². The van der Waals surface area contributed by atoms with Crippen LogP contribution < -0.4 is 0 Å². The van der Waals surface area contributed by atoms with Crippen molar-refractivity contribution in [3.63, 3.8) is 0 Å². The Balaban J connectivity index is 3.16. The molecule has 0 aliphatic rings. The lowest BCUT2D eigenvalue weighted by atomic mass is 10.1. The number of hydrogen-bond acceptors (Lipinski definition) is 3. The summed E-state index contributed by atoms with van der Waals surface area (Å²) in [6, 6.07) is 0. The van der Waals surface area contributed by atoms with Crippen LogP contribution >= 0.6 is 0 Å². The Morgan fingerprint density at radius 2 is 2.08 bits per heavy atom. The van der Waals surface area contributed by atoms with Gasteiger partial charge in [0.25, 0.3) is 0 Å². The second-order valence-corrected chi connectivity index (χ2v) is 6.29. The standard InChI is InChI=1S/C8H15N3OS/c1-8(2,3)11-6-7(5-10-11)13(4,9)12/h5-6,9H,1-4H3. The molecule has 74 valence electrons. The third kappa shape index (κ3) is 2.30. The summed E-state index contributed by atoms with van der Waals surface area (Å²) in [7, 11) is -2.63. The van der Waals surface area contributed by atoms with Crippen molar-refractivity contribution in [3.8, 4) is 0 Å². The van der Waals surface area contributed by atoms with E-state index < -0.39 is 9.73 Å². The second-order valence-electron chi connectivity index (χ2n) is 4.14. The van der Waals surface area contributed by atoms with Crippen molar-refractivity contribution in [2.45, 2.75) is 31.2 Å². The Morgan fingerprint density at radius 1 is 1.54 bits per heavy atom. The minimum Gasteiger partial charge on any atom is -0.266 e. The zero-order valence-electron chi connectivity index (χ0n) is 8.37. The number of nitrogens with zero attached hydrogens (tertiary/aromatic N) is 2. The molecule has 0 bridgehead atoms. The average molecular weight is 201 g/mol. The van der Waals surface area contributed by atoms with Gasteiger partial charge in [0.15, 0.2) is 0 Å². The lowest BCUT2D eigenvalue weighted by Crippen LogP contribution is -2.21. The maximum Gasteiger partial charge on any atom is 0.0849 e. The van der Waals surface area contributed by atoms with Gasteiger partial charge in [-0.25, -0.2) is 8.99 Å². The van der Waals surface area contributed by atoms with E-state index in [0.717, 1.165) is 0 Å². The van der Waals surface area contributed by atoms with E-state index in [1.807, 2.05) is 20.8 Å². The smallest absolute Gasteiger partial charge is 0.0849 e. The van der Waals surface area contributed by atoms with Crippen LogP contribution in [0.15, 0.2) is 17.3 Å². The van der Waals surface area contributed by atoms with Crippen LogP contribution in [0.25, 0.3) is 0 Å². The summed E-state index contributed by atoms with van der Waals surface area (Å²) in [6.45, 7) is 6.02. The van der Waals surface area contributed by atoms with Gasteiger partial charge in [-0.05, 0) is 20.8 Å². The van der Waals surface area contributed by atoms with E-state index in [0.29, 0.717) is 4.90 Å². The maximum absolute atomic E-state index is 11.3. The summed E-state index contributed by atoms with van der Waals surface area (Å²) >= 11 is 0. The van der Waals surface area contributed by atoms with E-state index >= 15 is 0 Å². The molecule has 1 rings (SSSR count). The third-order valence-electron chi connectivity index (χ3n) is 1.70. The molecular weight excluding hydrogens is 186 g/mol. The van der Waals surface area contributed by atoms with Crippen molar-refractivity contribution < 1.29 is 4.21 Å². The molecule has 0 fully saturated rings. The zero-order valence-corrected chi connectivity index (χ0v) is 9.18. The van der Waals surface area contributed by atoms with Crippen LogP contribution in [0.5, 0.6) is 0 Å². The number of hydrogen-bond donors (Lipinski definition) is 1. The van der Waals surface area contributed by atoms with Gasteiger partial charge < -0.3 is 0 Å². The monoisotopic (exact) mass is 201 g/mol. The highest BCUT2D eigenvalue weighted by molar-refractivity contribution is 7.91. The highest BCUT2D eigenvalue weighted by Gasteiger charge is 2.15. The Labute approximate surface area is 78.9 Å². The van der Waals surface area contributed by atoms with Crippen molar-refractivity contribution in [2.24, 2.45) is 0 Å². The van der Waals surface area contributed by atoms with Gasteiger partial charge in [0.1, 0.15) is 0 Å². The van der Waals surface area contributed by atoms with Crippen LogP contribution in [-0.4, -0.2) is 20.2 Å². The fourth-order valence-electron chi connectivity index (χ4n) is 0.874. The summed E-state index contributed by atoms with van der Waals surface area (Å²) in [4.78, 5) is 0.488. The van der Waals surface area contributed by atoms with Gasteiger partial charge >= 0.3 is 0 Å². The first-order valence-electron chi connectivity index (χ1n) is 4.00. The minimum atomic E-state index is -2.63. The molecule has 13 heavy (non-hydrogen) atoms. The molecule has 5 heteroatoms. The van der Waals surface area contributed by atoms with Gasteiger partial charge in [-0.15, -0.1) is 0 Å². The summed E-state index contributed by atoms with van der Waals surface area (Å²) in [5, 5.41) is 4.07. The van der Waals surface area contributed by atoms with Crippen LogP contribution in [0.4, 0.5) is 0 Å². The van der Waals surface area contributed by atoms with E-state index in [1.54, 1.807) is 10.9 Å². The fourth-order valence-corrected chi connectivity index (χ4v) is 1.42. The van der Waals surface area contributed by atoms with Crippen molar-refractivity contribution in [2.75, 3.05) is 6.26 Å². The predicted molar refractivity (Wildman–Crippen MR) is 52.3 cm³/mol. The van der Waals surface area contributed by atoms with Gasteiger partial charge in [-0.2, -0.15) is 5.10 Å². The van der Waals surface area contributed by atoms with Crippen LogP contribution in [0.3, 0.4) is 0 Å². The highest BCUT2D eigenvalue weighted by Crippen LogP contribution is 2.15. The van der Waals surface area contributed by atoms with E-state index in [9.17, 15) is 4.21 Å². The van der Waals surface area contributed by atoms with E-state index in [2.05, 4.69) is 5.10 Å². The number of aromatic nitrogens is 2. The molecule has 1 aromatic rings. The lowest BCUT2D eigenvalue weighted by molar-refractivity contribution is 0.355. The molecule has 1 N–H and O–H groups in total. The minimum absolute atomic E-state index is 0.122. The van der Waals surface area contributed by atoms with Crippen LogP contribution in [0.2, 0.25) is 0 Å². The highest BCUT2D eigenvalue weighted by atomic mass is 32.2. The summed E-state index contributed by atoms with van der Waals surface area (Å²) < 4.78 is 20.4. The zero-order chi connectivity index (χ0) is 10.3. The Hall–Kier alpha value is -0.840. The first-order chi connectivity index (χ1) is 5.71. The van der Waals surface area contributed by atoms with E-state index in [4.69, 9.17) is 4.78 Å². The molecule has 0 aromatic carbocycles. The first kappa shape index (κ1) is 10.2. The lowest BCUT2D eigenvalue weighted by Gasteiger charge is -2.18. The molecule has 1 heterocycles. The van der Waals surface area contributed by atoms with Crippen LogP contribution in [0.1, 0.15) is 20.8 Å². The topological polar surface area (TPSA) is 58.7 Å².